The number of carbonyl (C=O) groups is 1. The average Bonchev–Trinajstić information content (AvgIpc) is 3.37. The van der Waals surface area contributed by atoms with Crippen molar-refractivity contribution in [3.8, 4) is 0 Å². The van der Waals surface area contributed by atoms with E-state index in [9.17, 15) is 30.8 Å². The highest BCUT2D eigenvalue weighted by Crippen LogP contribution is 2.57. The highest BCUT2D eigenvalue weighted by molar-refractivity contribution is 7.99. The zero-order valence-corrected chi connectivity index (χ0v) is 22.0. The number of ether oxygens (including phenoxy) is 1. The van der Waals surface area contributed by atoms with Gasteiger partial charge in [0.2, 0.25) is 5.91 Å². The molecular weight excluding hydrogens is 581 g/mol. The molecule has 1 amide bonds. The molecule has 5 rings (SSSR count). The van der Waals surface area contributed by atoms with Crippen LogP contribution in [-0.4, -0.2) is 61.2 Å². The Morgan fingerprint density at radius 3 is 2.46 bits per heavy atom. The second-order valence-corrected chi connectivity index (χ2v) is 13.2. The van der Waals surface area contributed by atoms with Gasteiger partial charge in [0.05, 0.1) is 46.8 Å². The number of nitrogens with zero attached hydrogens (tertiary/aromatic N) is 3. The third kappa shape index (κ3) is 4.52. The minimum atomic E-state index is -4.77. The molecule has 0 aliphatic carbocycles. The lowest BCUT2D eigenvalue weighted by atomic mass is 9.86. The van der Waals surface area contributed by atoms with Crippen LogP contribution in [0.1, 0.15) is 28.9 Å². The number of fused-ring (bicyclic) bond motifs is 2. The third-order valence-corrected chi connectivity index (χ3v) is 9.07. The van der Waals surface area contributed by atoms with Crippen LogP contribution in [0.3, 0.4) is 0 Å². The Balaban J connectivity index is 1.38. The number of hydrogen-bond acceptors (Lipinski definition) is 7. The lowest BCUT2D eigenvalue weighted by molar-refractivity contribution is -0.166. The van der Waals surface area contributed by atoms with Crippen LogP contribution in [-0.2, 0) is 36.3 Å². The molecular formula is C22H17Cl2F4N3O4S2. The van der Waals surface area contributed by atoms with Crippen molar-refractivity contribution in [3.63, 3.8) is 0 Å². The molecule has 198 valence electrons. The summed E-state index contributed by atoms with van der Waals surface area (Å²) in [5.74, 6) is -2.14. The number of hydrogen-bond donors (Lipinski definition) is 0. The number of sulfone groups is 1. The molecule has 7 nitrogen and oxygen atoms in total. The molecule has 4 heterocycles. The molecule has 15 heteroatoms. The maximum absolute atomic E-state index is 14.3. The van der Waals surface area contributed by atoms with Crippen LogP contribution in [0.25, 0.3) is 0 Å². The molecule has 1 saturated heterocycles. The van der Waals surface area contributed by atoms with Crippen LogP contribution in [0.15, 0.2) is 28.7 Å². The Kier molecular flexibility index (Phi) is 6.34. The van der Waals surface area contributed by atoms with Crippen molar-refractivity contribution in [3.05, 3.63) is 62.6 Å². The molecule has 3 aliphatic rings. The van der Waals surface area contributed by atoms with Crippen molar-refractivity contribution in [2.75, 3.05) is 25.1 Å². The van der Waals surface area contributed by atoms with Crippen LogP contribution in [0, 0.1) is 5.82 Å². The molecule has 1 atom stereocenters. The molecule has 1 spiro atoms. The summed E-state index contributed by atoms with van der Waals surface area (Å²) in [6.45, 7) is 0.371. The fraction of sp³-hybridized carbons (Fsp3) is 0.409. The molecule has 0 N–H and O–H groups in total. The van der Waals surface area contributed by atoms with E-state index in [-0.39, 0.29) is 36.7 Å². The molecule has 1 fully saturated rings. The summed E-state index contributed by atoms with van der Waals surface area (Å²) in [7, 11) is -3.48. The van der Waals surface area contributed by atoms with E-state index in [4.69, 9.17) is 27.9 Å². The topological polar surface area (TPSA) is 88.9 Å². The molecule has 0 saturated carbocycles. The van der Waals surface area contributed by atoms with E-state index >= 15 is 0 Å². The number of pyridine rings is 1. The van der Waals surface area contributed by atoms with Crippen molar-refractivity contribution >= 4 is 56.6 Å². The molecule has 2 aromatic rings. The van der Waals surface area contributed by atoms with Gasteiger partial charge in [0, 0.05) is 18.2 Å². The third-order valence-electron chi connectivity index (χ3n) is 6.51. The van der Waals surface area contributed by atoms with Gasteiger partial charge in [0.25, 0.3) is 0 Å². The highest BCUT2D eigenvalue weighted by atomic mass is 35.5. The smallest absolute Gasteiger partial charge is 0.360 e. The summed E-state index contributed by atoms with van der Waals surface area (Å²) in [6, 6.07) is 5.02. The van der Waals surface area contributed by atoms with Crippen molar-refractivity contribution in [1.82, 2.24) is 9.88 Å². The SMILES string of the molecule is CS(=O)(=O)CC(=O)N1CC2(C1)OCc1nc(C3=NSC(c4cc(Cl)c(F)c(Cl)c4)(C(F)(F)F)C3)ccc12. The summed E-state index contributed by atoms with van der Waals surface area (Å²) in [4.78, 5) is 18.0. The number of alkyl halides is 3. The first-order chi connectivity index (χ1) is 17.1. The zero-order chi connectivity index (χ0) is 27.0. The van der Waals surface area contributed by atoms with E-state index in [1.165, 1.54) is 11.0 Å². The van der Waals surface area contributed by atoms with Gasteiger partial charge in [-0.25, -0.2) is 22.2 Å². The quantitative estimate of drug-likeness (QED) is 0.294. The van der Waals surface area contributed by atoms with E-state index in [0.717, 1.165) is 18.4 Å². The lowest BCUT2D eigenvalue weighted by Crippen LogP contribution is -2.62. The number of amides is 1. The van der Waals surface area contributed by atoms with Crippen molar-refractivity contribution in [2.45, 2.75) is 29.6 Å². The first kappa shape index (κ1) is 26.7. The maximum Gasteiger partial charge on any atom is 0.409 e. The molecule has 1 aromatic heterocycles. The molecule has 0 radical (unpaired) electrons. The molecule has 1 aromatic carbocycles. The van der Waals surface area contributed by atoms with Crippen molar-refractivity contribution in [2.24, 2.45) is 4.40 Å². The fourth-order valence-corrected chi connectivity index (χ4v) is 6.70. The van der Waals surface area contributed by atoms with Gasteiger partial charge in [0.1, 0.15) is 11.4 Å². The van der Waals surface area contributed by atoms with Crippen LogP contribution in [0.4, 0.5) is 17.6 Å². The standard InChI is InChI=1S/C22H17Cl2F4N3O4S2/c1-37(33,34)8-18(32)31-9-20(10-31)12-2-3-15(29-17(12)7-35-20)16-6-21(36-30-16,22(26,27)28)11-4-13(23)19(25)14(24)5-11/h2-5H,6-10H2,1H3. The molecule has 1 unspecified atom stereocenters. The van der Waals surface area contributed by atoms with E-state index < -0.39 is 60.3 Å². The Bertz CT molecular complexity index is 1440. The van der Waals surface area contributed by atoms with Crippen LogP contribution in [0.2, 0.25) is 10.0 Å². The first-order valence-electron chi connectivity index (χ1n) is 10.7. The minimum Gasteiger partial charge on any atom is -0.360 e. The van der Waals surface area contributed by atoms with Crippen LogP contribution < -0.4 is 0 Å². The summed E-state index contributed by atoms with van der Waals surface area (Å²) in [6.07, 6.45) is -4.37. The van der Waals surface area contributed by atoms with E-state index in [2.05, 4.69) is 9.38 Å². The van der Waals surface area contributed by atoms with Gasteiger partial charge < -0.3 is 9.64 Å². The second-order valence-electron chi connectivity index (χ2n) is 9.18. The second kappa shape index (κ2) is 8.80. The van der Waals surface area contributed by atoms with Gasteiger partial charge in [-0.2, -0.15) is 13.2 Å². The molecule has 37 heavy (non-hydrogen) atoms. The van der Waals surface area contributed by atoms with Gasteiger partial charge in [-0.05, 0) is 35.7 Å². The minimum absolute atomic E-state index is 0.0747. The fourth-order valence-electron chi connectivity index (χ4n) is 4.62. The normalized spacial score (nSPS) is 22.7. The van der Waals surface area contributed by atoms with E-state index in [1.807, 2.05) is 0 Å². The summed E-state index contributed by atoms with van der Waals surface area (Å²) in [5, 5.41) is -1.05. The van der Waals surface area contributed by atoms with Gasteiger partial charge in [-0.15, -0.1) is 0 Å². The van der Waals surface area contributed by atoms with Crippen molar-refractivity contribution in [1.29, 1.82) is 0 Å². The van der Waals surface area contributed by atoms with Crippen molar-refractivity contribution < 1.29 is 35.5 Å². The van der Waals surface area contributed by atoms with Gasteiger partial charge in [-0.3, -0.25) is 4.79 Å². The van der Waals surface area contributed by atoms with Crippen LogP contribution in [0.5, 0.6) is 0 Å². The largest absolute Gasteiger partial charge is 0.409 e. The Labute approximate surface area is 223 Å². The van der Waals surface area contributed by atoms with Gasteiger partial charge in [-0.1, -0.05) is 29.3 Å². The lowest BCUT2D eigenvalue weighted by Gasteiger charge is -2.47. The summed E-state index contributed by atoms with van der Waals surface area (Å²) >= 11 is 11.9. The Hall–Kier alpha value is -1.93. The predicted molar refractivity (Wildman–Crippen MR) is 130 cm³/mol. The molecule has 0 bridgehead atoms. The number of rotatable bonds is 4. The molecule has 3 aliphatic heterocycles. The Morgan fingerprint density at radius 1 is 1.22 bits per heavy atom. The monoisotopic (exact) mass is 597 g/mol. The Morgan fingerprint density at radius 2 is 1.86 bits per heavy atom. The average molecular weight is 598 g/mol. The predicted octanol–water partition coefficient (Wildman–Crippen LogP) is 4.44. The van der Waals surface area contributed by atoms with E-state index in [1.54, 1.807) is 6.07 Å². The first-order valence-corrected chi connectivity index (χ1v) is 14.3. The number of aromatic nitrogens is 1. The summed E-state index contributed by atoms with van der Waals surface area (Å²) in [5.41, 5.74) is 0.333. The highest BCUT2D eigenvalue weighted by Gasteiger charge is 2.60. The van der Waals surface area contributed by atoms with Gasteiger partial charge >= 0.3 is 6.18 Å². The van der Waals surface area contributed by atoms with E-state index in [0.29, 0.717) is 23.2 Å². The maximum atomic E-state index is 14.3. The van der Waals surface area contributed by atoms with Crippen LogP contribution >= 0.6 is 35.1 Å². The number of carbonyl (C=O) groups excluding carboxylic acids is 1. The number of benzene rings is 1. The number of likely N-dealkylation sites (tertiary alicyclic amines) is 1. The summed E-state index contributed by atoms with van der Waals surface area (Å²) < 4.78 is 87.2. The van der Waals surface area contributed by atoms with Gasteiger partial charge in [0.15, 0.2) is 20.4 Å². The number of halogens is 6. The zero-order valence-electron chi connectivity index (χ0n) is 18.9.